The zero-order valence-electron chi connectivity index (χ0n) is 9.39. The normalized spacial score (nSPS) is 22.0. The second kappa shape index (κ2) is 4.21. The third-order valence-electron chi connectivity index (χ3n) is 3.17. The molecule has 0 bridgehead atoms. The van der Waals surface area contributed by atoms with Gasteiger partial charge in [0.2, 0.25) is 5.78 Å². The maximum Gasteiger partial charge on any atom is 0.231 e. The molecule has 0 spiro atoms. The second-order valence-corrected chi connectivity index (χ2v) is 4.70. The molecule has 2 aromatic carbocycles. The Morgan fingerprint density at radius 3 is 2.56 bits per heavy atom. The lowest BCUT2D eigenvalue weighted by Crippen LogP contribution is -3.01. The molecule has 1 aliphatic heterocycles. The highest BCUT2D eigenvalue weighted by Crippen LogP contribution is 2.29. The van der Waals surface area contributed by atoms with E-state index >= 15 is 0 Å². The summed E-state index contributed by atoms with van der Waals surface area (Å²) in [5, 5.41) is 12.6. The molecule has 3 rings (SSSR count). The minimum atomic E-state index is -0.709. The molecule has 2 atom stereocenters. The van der Waals surface area contributed by atoms with Gasteiger partial charge in [0.15, 0.2) is 6.04 Å². The number of hydrogen-bond donors (Lipinski definition) is 1. The van der Waals surface area contributed by atoms with Crippen LogP contribution in [0, 0.1) is 5.21 Å². The average molecular weight is 260 g/mol. The van der Waals surface area contributed by atoms with E-state index in [9.17, 15) is 10.0 Å². The predicted molar refractivity (Wildman–Crippen MR) is 69.0 cm³/mol. The van der Waals surface area contributed by atoms with Crippen molar-refractivity contribution in [1.29, 1.82) is 0 Å². The predicted octanol–water partition coefficient (Wildman–Crippen LogP) is 2.29. The van der Waals surface area contributed by atoms with Crippen LogP contribution in [0.15, 0.2) is 48.5 Å². The third kappa shape index (κ3) is 1.64. The van der Waals surface area contributed by atoms with E-state index in [1.54, 1.807) is 30.3 Å². The summed E-state index contributed by atoms with van der Waals surface area (Å²) in [6.45, 7) is 0. The Labute approximate surface area is 109 Å². The van der Waals surface area contributed by atoms with Crippen LogP contribution in [0.3, 0.4) is 0 Å². The Morgan fingerprint density at radius 1 is 1.11 bits per heavy atom. The third-order valence-corrected chi connectivity index (χ3v) is 3.40. The summed E-state index contributed by atoms with van der Waals surface area (Å²) in [5.74, 6) is -0.141. The van der Waals surface area contributed by atoms with E-state index < -0.39 is 6.04 Å². The number of Topliss-reactive ketones (excluding diaryl/α,β-unsaturated/α-hetero) is 1. The second-order valence-electron chi connectivity index (χ2n) is 4.26. The molecule has 0 amide bonds. The number of rotatable bonds is 1. The molecule has 0 radical (unpaired) electrons. The molecule has 0 aromatic heterocycles. The monoisotopic (exact) mass is 259 g/mol. The van der Waals surface area contributed by atoms with Crippen LogP contribution >= 0.6 is 11.6 Å². The van der Waals surface area contributed by atoms with Gasteiger partial charge in [-0.2, -0.15) is 0 Å². The lowest BCUT2D eigenvalue weighted by molar-refractivity contribution is -0.796. The molecule has 2 unspecified atom stereocenters. The van der Waals surface area contributed by atoms with E-state index in [1.807, 2.05) is 18.2 Å². The van der Waals surface area contributed by atoms with Gasteiger partial charge in [-0.05, 0) is 12.1 Å². The lowest BCUT2D eigenvalue weighted by atomic mass is 10.0. The highest BCUT2D eigenvalue weighted by molar-refractivity contribution is 6.31. The van der Waals surface area contributed by atoms with Gasteiger partial charge < -0.3 is 10.3 Å². The van der Waals surface area contributed by atoms with Crippen molar-refractivity contribution in [2.24, 2.45) is 0 Å². The summed E-state index contributed by atoms with van der Waals surface area (Å²) in [6.07, 6.45) is 0. The van der Waals surface area contributed by atoms with Gasteiger partial charge in [0.25, 0.3) is 0 Å². The largest absolute Gasteiger partial charge is 0.628 e. The fraction of sp³-hybridized carbons (Fsp3) is 0.0714. The molecule has 0 saturated carbocycles. The molecule has 4 heteroatoms. The molecule has 2 aromatic rings. The SMILES string of the molecule is O=C1c2ccc(Cl)cc2[NH+]([O-])C1c1ccccc1. The summed E-state index contributed by atoms with van der Waals surface area (Å²) in [5.41, 5.74) is 1.64. The molecule has 1 aliphatic rings. The number of carbonyl (C=O) groups excluding carboxylic acids is 1. The molecule has 18 heavy (non-hydrogen) atoms. The van der Waals surface area contributed by atoms with Crippen LogP contribution in [-0.2, 0) is 0 Å². The van der Waals surface area contributed by atoms with Gasteiger partial charge in [-0.1, -0.05) is 41.9 Å². The fourth-order valence-electron chi connectivity index (χ4n) is 2.31. The van der Waals surface area contributed by atoms with Crippen LogP contribution in [0.5, 0.6) is 0 Å². The van der Waals surface area contributed by atoms with Gasteiger partial charge in [-0.15, -0.1) is 0 Å². The summed E-state index contributed by atoms with van der Waals surface area (Å²) in [4.78, 5) is 12.3. The van der Waals surface area contributed by atoms with Crippen molar-refractivity contribution in [3.05, 3.63) is 69.9 Å². The van der Waals surface area contributed by atoms with Gasteiger partial charge in [-0.25, -0.2) is 0 Å². The van der Waals surface area contributed by atoms with Crippen molar-refractivity contribution in [2.45, 2.75) is 6.04 Å². The number of quaternary nitrogens is 1. The zero-order valence-corrected chi connectivity index (χ0v) is 10.1. The Hall–Kier alpha value is -1.68. The number of carbonyl (C=O) groups is 1. The number of halogens is 1. The maximum atomic E-state index is 12.3. The number of nitrogens with one attached hydrogen (secondary N) is 1. The van der Waals surface area contributed by atoms with E-state index in [1.165, 1.54) is 0 Å². The van der Waals surface area contributed by atoms with Gasteiger partial charge in [0.05, 0.1) is 5.56 Å². The number of hydrogen-bond acceptors (Lipinski definition) is 2. The number of fused-ring (bicyclic) bond motifs is 1. The van der Waals surface area contributed by atoms with Crippen molar-refractivity contribution in [2.75, 3.05) is 0 Å². The molecular formula is C14H10ClNO2. The fourth-order valence-corrected chi connectivity index (χ4v) is 2.49. The Bertz CT molecular complexity index is 612. The topological polar surface area (TPSA) is 44.6 Å². The van der Waals surface area contributed by atoms with Crippen LogP contribution in [0.2, 0.25) is 5.02 Å². The van der Waals surface area contributed by atoms with Crippen LogP contribution < -0.4 is 5.06 Å². The van der Waals surface area contributed by atoms with Gasteiger partial charge in [0.1, 0.15) is 5.69 Å². The zero-order chi connectivity index (χ0) is 12.7. The minimum absolute atomic E-state index is 0.141. The summed E-state index contributed by atoms with van der Waals surface area (Å²) < 4.78 is 0. The molecule has 0 saturated heterocycles. The number of hydroxylamine groups is 1. The van der Waals surface area contributed by atoms with E-state index in [4.69, 9.17) is 11.6 Å². The smallest absolute Gasteiger partial charge is 0.231 e. The van der Waals surface area contributed by atoms with Crippen LogP contribution in [0.1, 0.15) is 22.0 Å². The average Bonchev–Trinajstić information content (AvgIpc) is 2.63. The first-order chi connectivity index (χ1) is 8.68. The molecular weight excluding hydrogens is 250 g/mol. The van der Waals surface area contributed by atoms with Crippen LogP contribution in [0.25, 0.3) is 0 Å². The van der Waals surface area contributed by atoms with Gasteiger partial charge >= 0.3 is 0 Å². The van der Waals surface area contributed by atoms with Crippen molar-refractivity contribution >= 4 is 23.1 Å². The van der Waals surface area contributed by atoms with E-state index in [2.05, 4.69) is 0 Å². The minimum Gasteiger partial charge on any atom is -0.628 e. The summed E-state index contributed by atoms with van der Waals surface area (Å²) in [7, 11) is 0. The highest BCUT2D eigenvalue weighted by atomic mass is 35.5. The van der Waals surface area contributed by atoms with E-state index in [-0.39, 0.29) is 10.8 Å². The van der Waals surface area contributed by atoms with E-state index in [0.29, 0.717) is 16.3 Å². The molecule has 1 N–H and O–H groups in total. The van der Waals surface area contributed by atoms with Crippen LogP contribution in [0.4, 0.5) is 5.69 Å². The summed E-state index contributed by atoms with van der Waals surface area (Å²) >= 11 is 5.87. The van der Waals surface area contributed by atoms with Crippen LogP contribution in [-0.4, -0.2) is 5.78 Å². The Balaban J connectivity index is 2.10. The Kier molecular flexibility index (Phi) is 2.67. The van der Waals surface area contributed by atoms with E-state index in [0.717, 1.165) is 5.56 Å². The Morgan fingerprint density at radius 2 is 1.83 bits per heavy atom. The standard InChI is InChI=1S/C14H10ClNO2/c15-10-6-7-11-12(8-10)16(18)13(14(11)17)9-4-2-1-3-5-9/h1-8,13,16H. The first-order valence-corrected chi connectivity index (χ1v) is 5.99. The molecule has 90 valence electrons. The van der Waals surface area contributed by atoms with Crippen molar-refractivity contribution in [3.8, 4) is 0 Å². The first kappa shape index (κ1) is 11.4. The maximum absolute atomic E-state index is 12.3. The van der Waals surface area contributed by atoms with Crippen molar-refractivity contribution in [3.63, 3.8) is 0 Å². The molecule has 3 nitrogen and oxygen atoms in total. The van der Waals surface area contributed by atoms with Crippen molar-refractivity contribution < 1.29 is 9.86 Å². The first-order valence-electron chi connectivity index (χ1n) is 5.61. The molecule has 0 aliphatic carbocycles. The van der Waals surface area contributed by atoms with Gasteiger partial charge in [0, 0.05) is 16.7 Å². The lowest BCUT2D eigenvalue weighted by Gasteiger charge is -2.23. The van der Waals surface area contributed by atoms with Crippen molar-refractivity contribution in [1.82, 2.24) is 0 Å². The number of benzene rings is 2. The number of ketones is 1. The molecule has 0 fully saturated rings. The van der Waals surface area contributed by atoms with Gasteiger partial charge in [-0.3, -0.25) is 4.79 Å². The highest BCUT2D eigenvalue weighted by Gasteiger charge is 2.39. The summed E-state index contributed by atoms with van der Waals surface area (Å²) in [6, 6.07) is 13.2. The quantitative estimate of drug-likeness (QED) is 0.799. The molecule has 1 heterocycles.